The van der Waals surface area contributed by atoms with Crippen LogP contribution < -0.4 is 10.5 Å². The molecule has 0 bridgehead atoms. The minimum absolute atomic E-state index is 0.00981. The van der Waals surface area contributed by atoms with Gasteiger partial charge in [-0.15, -0.1) is 0 Å². The number of rotatable bonds is 10. The van der Waals surface area contributed by atoms with Gasteiger partial charge >= 0.3 is 6.18 Å². The van der Waals surface area contributed by atoms with Gasteiger partial charge in [-0.3, -0.25) is 9.59 Å². The predicted molar refractivity (Wildman–Crippen MR) is 135 cm³/mol. The maximum Gasteiger partial charge on any atom is 0.433 e. The number of thioether (sulfide) groups is 1. The van der Waals surface area contributed by atoms with Crippen molar-refractivity contribution in [2.45, 2.75) is 33.0 Å². The Labute approximate surface area is 220 Å². The molecule has 0 saturated carbocycles. The molecule has 9 nitrogen and oxygen atoms in total. The van der Waals surface area contributed by atoms with Crippen LogP contribution in [-0.4, -0.2) is 43.1 Å². The van der Waals surface area contributed by atoms with Crippen molar-refractivity contribution in [2.75, 3.05) is 12.3 Å². The molecule has 2 heterocycles. The van der Waals surface area contributed by atoms with Crippen molar-refractivity contribution in [3.05, 3.63) is 82.0 Å². The molecule has 0 aliphatic rings. The number of hydrogen-bond acceptors (Lipinski definition) is 9. The molecule has 0 aliphatic heterocycles. The van der Waals surface area contributed by atoms with E-state index in [1.807, 2.05) is 0 Å². The molecule has 1 aromatic carbocycles. The van der Waals surface area contributed by atoms with E-state index in [9.17, 15) is 27.9 Å². The highest BCUT2D eigenvalue weighted by Gasteiger charge is 2.32. The van der Waals surface area contributed by atoms with Crippen LogP contribution >= 0.6 is 11.8 Å². The minimum atomic E-state index is -4.59. The summed E-state index contributed by atoms with van der Waals surface area (Å²) in [4.78, 5) is 38.4. The average molecular weight is 548 g/mol. The van der Waals surface area contributed by atoms with Gasteiger partial charge in [0.1, 0.15) is 28.8 Å². The van der Waals surface area contributed by atoms with E-state index < -0.39 is 17.0 Å². The van der Waals surface area contributed by atoms with E-state index in [4.69, 9.17) is 10.5 Å². The van der Waals surface area contributed by atoms with E-state index in [1.54, 1.807) is 26.0 Å². The van der Waals surface area contributed by atoms with Crippen LogP contribution in [0.3, 0.4) is 0 Å². The number of carbonyl (C=O) groups excluding carboxylic acids is 2. The number of nitrogens with two attached hydrogens (primary N) is 1. The molecule has 0 saturated heterocycles. The van der Waals surface area contributed by atoms with E-state index in [0.29, 0.717) is 28.4 Å². The molecule has 3 rings (SSSR count). The number of alkyl halides is 3. The fourth-order valence-electron chi connectivity index (χ4n) is 3.25. The zero-order valence-electron chi connectivity index (χ0n) is 20.4. The number of para-hydroxylation sites is 1. The number of aliphatic hydroxyl groups is 1. The topological polar surface area (TPSA) is 132 Å². The van der Waals surface area contributed by atoms with Crippen molar-refractivity contribution in [2.24, 2.45) is 0 Å². The summed E-state index contributed by atoms with van der Waals surface area (Å²) in [5.74, 6) is 0.805. The lowest BCUT2D eigenvalue weighted by molar-refractivity contribution is -0.141. The number of amides is 1. The number of nitrogen functional groups attached to an aromatic ring is 1. The van der Waals surface area contributed by atoms with Crippen LogP contribution in [0.4, 0.5) is 19.0 Å². The first-order valence-electron chi connectivity index (χ1n) is 11.2. The van der Waals surface area contributed by atoms with E-state index in [2.05, 4.69) is 15.0 Å². The first kappa shape index (κ1) is 28.6. The number of allylic oxidation sites excluding steroid dienone is 1. The Morgan fingerprint density at radius 1 is 1.18 bits per heavy atom. The van der Waals surface area contributed by atoms with Crippen molar-refractivity contribution < 1.29 is 32.6 Å². The molecule has 0 atom stereocenters. The summed E-state index contributed by atoms with van der Waals surface area (Å²) in [6, 6.07) is 8.08. The Morgan fingerprint density at radius 3 is 2.53 bits per heavy atom. The van der Waals surface area contributed by atoms with Gasteiger partial charge in [0.15, 0.2) is 0 Å². The number of hydrogen-bond donors (Lipinski definition) is 2. The van der Waals surface area contributed by atoms with Crippen LogP contribution in [0.5, 0.6) is 11.5 Å². The van der Waals surface area contributed by atoms with E-state index in [1.165, 1.54) is 23.2 Å². The third kappa shape index (κ3) is 7.29. The van der Waals surface area contributed by atoms with Gasteiger partial charge < -0.3 is 20.5 Å². The second-order valence-electron chi connectivity index (χ2n) is 7.91. The molecular formula is C25H24F3N5O4S. The van der Waals surface area contributed by atoms with Crippen LogP contribution in [-0.2, 0) is 17.5 Å². The number of aryl methyl sites for hydroxylation is 1. The molecule has 2 aromatic heterocycles. The molecule has 38 heavy (non-hydrogen) atoms. The predicted octanol–water partition coefficient (Wildman–Crippen LogP) is 4.72. The zero-order chi connectivity index (χ0) is 27.9. The van der Waals surface area contributed by atoms with E-state index in [0.717, 1.165) is 30.1 Å². The Bertz CT molecular complexity index is 1330. The molecule has 3 N–H and O–H groups in total. The van der Waals surface area contributed by atoms with Gasteiger partial charge in [0.2, 0.25) is 11.5 Å². The van der Waals surface area contributed by atoms with E-state index >= 15 is 0 Å². The quantitative estimate of drug-likeness (QED) is 0.346. The SMILES string of the molecule is C/C(=C(\CCO)SC(=O)c1ccccc1Oc1ccc(C(F)(F)F)nc1)N(C=O)Cc1cnc(C)nc1N. The van der Waals surface area contributed by atoms with Crippen molar-refractivity contribution in [3.8, 4) is 11.5 Å². The standard InChI is InChI=1S/C25H24F3N5O4S/c1-15(33(14-35)13-17-11-30-16(2)32-23(17)29)21(9-10-34)38-24(36)19-5-3-4-6-20(19)37-18-7-8-22(31-12-18)25(26,27)28/h3-8,11-12,14,34H,9-10,13H2,1-2H3,(H2,29,30,32)/b21-15-. The van der Waals surface area contributed by atoms with Gasteiger partial charge in [-0.1, -0.05) is 12.1 Å². The van der Waals surface area contributed by atoms with Crippen LogP contribution in [0.25, 0.3) is 0 Å². The number of benzene rings is 1. The largest absolute Gasteiger partial charge is 0.455 e. The minimum Gasteiger partial charge on any atom is -0.455 e. The van der Waals surface area contributed by atoms with Crippen molar-refractivity contribution in [3.63, 3.8) is 0 Å². The lowest BCUT2D eigenvalue weighted by Gasteiger charge is -2.22. The maximum absolute atomic E-state index is 13.2. The Hall–Kier alpha value is -3.97. The molecule has 0 aliphatic carbocycles. The number of anilines is 1. The highest BCUT2D eigenvalue weighted by Crippen LogP contribution is 2.34. The summed E-state index contributed by atoms with van der Waals surface area (Å²) in [7, 11) is 0. The van der Waals surface area contributed by atoms with Crippen LogP contribution in [0.1, 0.15) is 40.8 Å². The average Bonchev–Trinajstić information content (AvgIpc) is 2.87. The Balaban J connectivity index is 1.84. The van der Waals surface area contributed by atoms with Gasteiger partial charge in [-0.2, -0.15) is 13.2 Å². The third-order valence-electron chi connectivity index (χ3n) is 5.24. The second kappa shape index (κ2) is 12.5. The van der Waals surface area contributed by atoms with Crippen LogP contribution in [0.2, 0.25) is 0 Å². The van der Waals surface area contributed by atoms with Gasteiger partial charge in [-0.05, 0) is 49.9 Å². The van der Waals surface area contributed by atoms with Gasteiger partial charge in [0, 0.05) is 35.4 Å². The number of ether oxygens (including phenoxy) is 1. The first-order valence-corrected chi connectivity index (χ1v) is 12.0. The van der Waals surface area contributed by atoms with Crippen LogP contribution in [0, 0.1) is 6.92 Å². The summed E-state index contributed by atoms with van der Waals surface area (Å²) in [6.45, 7) is 3.07. The number of carbonyl (C=O) groups is 2. The molecular weight excluding hydrogens is 523 g/mol. The normalized spacial score (nSPS) is 12.1. The maximum atomic E-state index is 13.2. The molecule has 200 valence electrons. The van der Waals surface area contributed by atoms with Gasteiger partial charge in [-0.25, -0.2) is 15.0 Å². The summed E-state index contributed by atoms with van der Waals surface area (Å²) >= 11 is 0.795. The lowest BCUT2D eigenvalue weighted by atomic mass is 10.2. The molecule has 0 spiro atoms. The van der Waals surface area contributed by atoms with E-state index in [-0.39, 0.29) is 42.5 Å². The zero-order valence-corrected chi connectivity index (χ0v) is 21.2. The monoisotopic (exact) mass is 547 g/mol. The number of nitrogens with zero attached hydrogens (tertiary/aromatic N) is 4. The fraction of sp³-hybridized carbons (Fsp3) is 0.240. The molecule has 0 radical (unpaired) electrons. The number of halogens is 3. The second-order valence-corrected chi connectivity index (χ2v) is 8.98. The van der Waals surface area contributed by atoms with Gasteiger partial charge in [0.25, 0.3) is 0 Å². The third-order valence-corrected chi connectivity index (χ3v) is 6.39. The molecule has 1 amide bonds. The fourth-order valence-corrected chi connectivity index (χ4v) is 4.21. The summed E-state index contributed by atoms with van der Waals surface area (Å²) < 4.78 is 44.0. The summed E-state index contributed by atoms with van der Waals surface area (Å²) in [5.41, 5.74) is 5.92. The Morgan fingerprint density at radius 2 is 1.92 bits per heavy atom. The van der Waals surface area contributed by atoms with Gasteiger partial charge in [0.05, 0.1) is 18.3 Å². The molecule has 3 aromatic rings. The summed E-state index contributed by atoms with van der Waals surface area (Å²) in [6.07, 6.45) is -1.51. The summed E-state index contributed by atoms with van der Waals surface area (Å²) in [5, 5.41) is 9.13. The number of aliphatic hydroxyl groups excluding tert-OH is 1. The molecule has 0 unspecified atom stereocenters. The smallest absolute Gasteiger partial charge is 0.433 e. The van der Waals surface area contributed by atoms with Crippen molar-refractivity contribution in [1.29, 1.82) is 0 Å². The first-order chi connectivity index (χ1) is 18.0. The Kier molecular flexibility index (Phi) is 9.42. The lowest BCUT2D eigenvalue weighted by Crippen LogP contribution is -2.22. The molecule has 0 fully saturated rings. The van der Waals surface area contributed by atoms with Crippen molar-refractivity contribution in [1.82, 2.24) is 19.9 Å². The number of aromatic nitrogens is 3. The van der Waals surface area contributed by atoms with Crippen LogP contribution in [0.15, 0.2) is 59.4 Å². The van der Waals surface area contributed by atoms with Crippen molar-refractivity contribution >= 4 is 29.1 Å². The number of pyridine rings is 1. The highest BCUT2D eigenvalue weighted by molar-refractivity contribution is 8.17. The highest BCUT2D eigenvalue weighted by atomic mass is 32.2. The molecule has 13 heteroatoms.